The zero-order chi connectivity index (χ0) is 11.4. The molecule has 0 unspecified atom stereocenters. The Morgan fingerprint density at radius 1 is 1.31 bits per heavy atom. The van der Waals surface area contributed by atoms with E-state index in [9.17, 15) is 4.79 Å². The minimum Gasteiger partial charge on any atom is -0.317 e. The maximum absolute atomic E-state index is 10.7. The molecule has 84 valence electrons. The summed E-state index contributed by atoms with van der Waals surface area (Å²) in [6.45, 7) is 2.50. The van der Waals surface area contributed by atoms with Crippen LogP contribution in [0.3, 0.4) is 0 Å². The highest BCUT2D eigenvalue weighted by atomic mass is 16.2. The molecule has 6 nitrogen and oxygen atoms in total. The van der Waals surface area contributed by atoms with E-state index < -0.39 is 6.03 Å². The fourth-order valence-corrected chi connectivity index (χ4v) is 1.53. The van der Waals surface area contributed by atoms with Crippen molar-refractivity contribution in [1.29, 1.82) is 5.41 Å². The number of carbonyl (C=O) groups is 1. The van der Waals surface area contributed by atoms with Crippen LogP contribution in [0.2, 0.25) is 0 Å². The van der Waals surface area contributed by atoms with E-state index in [0.29, 0.717) is 11.4 Å². The monoisotopic (exact) mass is 219 g/mol. The van der Waals surface area contributed by atoms with Gasteiger partial charge in [0.1, 0.15) is 5.84 Å². The van der Waals surface area contributed by atoms with E-state index >= 15 is 0 Å². The van der Waals surface area contributed by atoms with Gasteiger partial charge in [-0.15, -0.1) is 0 Å². The van der Waals surface area contributed by atoms with Gasteiger partial charge >= 0.3 is 6.03 Å². The van der Waals surface area contributed by atoms with E-state index in [2.05, 4.69) is 20.6 Å². The van der Waals surface area contributed by atoms with Crippen LogP contribution >= 0.6 is 0 Å². The molecule has 0 aromatic rings. The smallest absolute Gasteiger partial charge is 0.317 e. The summed E-state index contributed by atoms with van der Waals surface area (Å²) in [5.41, 5.74) is 0.574. The highest BCUT2D eigenvalue weighted by Gasteiger charge is 2.22. The van der Waals surface area contributed by atoms with Crippen LogP contribution in [0.1, 0.15) is 12.8 Å². The maximum Gasteiger partial charge on any atom is 0.348 e. The average molecular weight is 219 g/mol. The first-order chi connectivity index (χ1) is 7.77. The number of carbonyl (C=O) groups excluding carboxylic acids is 1. The fraction of sp³-hybridized carbons (Fsp3) is 0.400. The number of allylic oxidation sites excluding steroid dienone is 1. The Morgan fingerprint density at radius 2 is 2.06 bits per heavy atom. The van der Waals surface area contributed by atoms with Crippen LogP contribution in [0.25, 0.3) is 0 Å². The zero-order valence-corrected chi connectivity index (χ0v) is 8.79. The molecule has 0 atom stereocenters. The Labute approximate surface area is 93.1 Å². The highest BCUT2D eigenvalue weighted by molar-refractivity contribution is 6.34. The molecule has 1 fully saturated rings. The number of nitrogens with zero attached hydrogens (tertiary/aromatic N) is 2. The lowest BCUT2D eigenvalue weighted by Gasteiger charge is -2.10. The number of aliphatic imine (C=N–C) groups is 2. The minimum absolute atomic E-state index is 0.0671. The second kappa shape index (κ2) is 4.80. The standard InChI is InChI=1S/C6H4N4O.C4H9N/c7-4-3-1-2-8-5(3)10-6(11)9-4;1-2-4-5-3-1/h1-2H,(H2,7,9,11);5H,1-4H2. The SMILES string of the molecule is C1CCNC1.N=C1NC(=O)N=C2N=CC=C12. The number of amidine groups is 2. The molecule has 3 N–H and O–H groups in total. The first kappa shape index (κ1) is 10.7. The predicted molar refractivity (Wildman–Crippen MR) is 62.4 cm³/mol. The van der Waals surface area contributed by atoms with Gasteiger partial charge in [-0.25, -0.2) is 9.79 Å². The summed E-state index contributed by atoms with van der Waals surface area (Å²) in [6, 6.07) is -0.527. The van der Waals surface area contributed by atoms with Crippen LogP contribution < -0.4 is 10.6 Å². The largest absolute Gasteiger partial charge is 0.348 e. The Morgan fingerprint density at radius 3 is 2.69 bits per heavy atom. The molecular weight excluding hydrogens is 206 g/mol. The predicted octanol–water partition coefficient (Wildman–Crippen LogP) is 0.466. The van der Waals surface area contributed by atoms with Gasteiger partial charge in [-0.1, -0.05) is 0 Å². The van der Waals surface area contributed by atoms with Crippen LogP contribution in [0.5, 0.6) is 0 Å². The van der Waals surface area contributed by atoms with Crippen molar-refractivity contribution in [3.8, 4) is 0 Å². The molecule has 0 aromatic heterocycles. The topological polar surface area (TPSA) is 89.7 Å². The number of hydrogen-bond acceptors (Lipinski definition) is 4. The van der Waals surface area contributed by atoms with Gasteiger partial charge in [-0.2, -0.15) is 4.99 Å². The number of nitrogens with one attached hydrogen (secondary N) is 3. The summed E-state index contributed by atoms with van der Waals surface area (Å²) < 4.78 is 0. The molecule has 0 bridgehead atoms. The quantitative estimate of drug-likeness (QED) is 0.552. The van der Waals surface area contributed by atoms with Crippen molar-refractivity contribution >= 4 is 23.9 Å². The summed E-state index contributed by atoms with van der Waals surface area (Å²) >= 11 is 0. The van der Waals surface area contributed by atoms with Crippen LogP contribution in [-0.4, -0.2) is 37.0 Å². The Hall–Kier alpha value is -1.82. The average Bonchev–Trinajstić information content (AvgIpc) is 2.90. The first-order valence-corrected chi connectivity index (χ1v) is 5.21. The van der Waals surface area contributed by atoms with Gasteiger partial charge in [0.25, 0.3) is 0 Å². The molecule has 0 radical (unpaired) electrons. The minimum atomic E-state index is -0.527. The number of hydrogen-bond donors (Lipinski definition) is 3. The lowest BCUT2D eigenvalue weighted by Crippen LogP contribution is -2.35. The third kappa shape index (κ3) is 2.40. The summed E-state index contributed by atoms with van der Waals surface area (Å²) in [5, 5.41) is 12.8. The van der Waals surface area contributed by atoms with Crippen molar-refractivity contribution in [3.05, 3.63) is 11.6 Å². The van der Waals surface area contributed by atoms with Gasteiger partial charge in [0.2, 0.25) is 0 Å². The van der Waals surface area contributed by atoms with Gasteiger partial charge in [0.15, 0.2) is 5.84 Å². The van der Waals surface area contributed by atoms with E-state index in [4.69, 9.17) is 5.41 Å². The van der Waals surface area contributed by atoms with Gasteiger partial charge in [-0.3, -0.25) is 10.7 Å². The normalized spacial score (nSPS) is 21.8. The molecule has 16 heavy (non-hydrogen) atoms. The lowest BCUT2D eigenvalue weighted by molar-refractivity contribution is 0.253. The summed E-state index contributed by atoms with van der Waals surface area (Å²) in [6.07, 6.45) is 5.93. The Kier molecular flexibility index (Phi) is 3.21. The third-order valence-electron chi connectivity index (χ3n) is 2.34. The molecule has 3 aliphatic heterocycles. The van der Waals surface area contributed by atoms with E-state index in [-0.39, 0.29) is 5.84 Å². The molecular formula is C10H13N5O. The van der Waals surface area contributed by atoms with E-state index in [1.165, 1.54) is 32.1 Å². The van der Waals surface area contributed by atoms with Crippen LogP contribution in [0.4, 0.5) is 4.79 Å². The number of amides is 2. The first-order valence-electron chi connectivity index (χ1n) is 5.21. The van der Waals surface area contributed by atoms with Gasteiger partial charge in [-0.05, 0) is 32.0 Å². The lowest BCUT2D eigenvalue weighted by atomic mass is 10.2. The van der Waals surface area contributed by atoms with Crippen molar-refractivity contribution in [1.82, 2.24) is 10.6 Å². The molecule has 3 aliphatic rings. The maximum atomic E-state index is 10.7. The van der Waals surface area contributed by atoms with Crippen LogP contribution in [0, 0.1) is 5.41 Å². The summed E-state index contributed by atoms with van der Waals surface area (Å²) in [7, 11) is 0. The second-order valence-electron chi connectivity index (χ2n) is 3.56. The van der Waals surface area contributed by atoms with Gasteiger partial charge in [0.05, 0.1) is 5.57 Å². The van der Waals surface area contributed by atoms with Crippen LogP contribution in [-0.2, 0) is 0 Å². The van der Waals surface area contributed by atoms with Crippen molar-refractivity contribution < 1.29 is 4.79 Å². The van der Waals surface area contributed by atoms with Crippen molar-refractivity contribution in [2.75, 3.05) is 13.1 Å². The van der Waals surface area contributed by atoms with E-state index in [0.717, 1.165) is 0 Å². The Bertz CT molecular complexity index is 396. The fourth-order valence-electron chi connectivity index (χ4n) is 1.53. The molecule has 1 saturated heterocycles. The summed E-state index contributed by atoms with van der Waals surface area (Å²) in [5.74, 6) is 0.399. The van der Waals surface area contributed by atoms with Crippen LogP contribution in [0.15, 0.2) is 21.6 Å². The third-order valence-corrected chi connectivity index (χ3v) is 2.34. The molecule has 2 amide bonds. The molecule has 0 spiro atoms. The zero-order valence-electron chi connectivity index (χ0n) is 8.79. The molecule has 3 rings (SSSR count). The highest BCUT2D eigenvalue weighted by Crippen LogP contribution is 2.09. The van der Waals surface area contributed by atoms with Crippen molar-refractivity contribution in [3.63, 3.8) is 0 Å². The molecule has 3 heterocycles. The Balaban J connectivity index is 0.000000162. The van der Waals surface area contributed by atoms with Gasteiger partial charge < -0.3 is 5.32 Å². The van der Waals surface area contributed by atoms with Crippen molar-refractivity contribution in [2.45, 2.75) is 12.8 Å². The van der Waals surface area contributed by atoms with Crippen molar-refractivity contribution in [2.24, 2.45) is 9.98 Å². The number of fused-ring (bicyclic) bond motifs is 1. The number of urea groups is 1. The number of rotatable bonds is 0. The molecule has 6 heteroatoms. The van der Waals surface area contributed by atoms with Gasteiger partial charge in [0, 0.05) is 6.21 Å². The molecule has 0 aromatic carbocycles. The second-order valence-corrected chi connectivity index (χ2v) is 3.56. The molecule has 0 saturated carbocycles. The molecule has 0 aliphatic carbocycles. The summed E-state index contributed by atoms with van der Waals surface area (Å²) in [4.78, 5) is 18.0. The van der Waals surface area contributed by atoms with E-state index in [1.54, 1.807) is 6.08 Å². The van der Waals surface area contributed by atoms with E-state index in [1.807, 2.05) is 0 Å².